The molecule has 0 aliphatic carbocycles. The van der Waals surface area contributed by atoms with Crippen molar-refractivity contribution in [3.8, 4) is 0 Å². The van der Waals surface area contributed by atoms with Crippen LogP contribution in [-0.4, -0.2) is 21.6 Å². The Hall–Kier alpha value is -3.15. The molecule has 1 heterocycles. The van der Waals surface area contributed by atoms with E-state index in [2.05, 4.69) is 15.4 Å². The van der Waals surface area contributed by atoms with Crippen molar-refractivity contribution in [1.29, 1.82) is 0 Å². The highest BCUT2D eigenvalue weighted by Crippen LogP contribution is 2.36. The lowest BCUT2D eigenvalue weighted by atomic mass is 10.1. The highest BCUT2D eigenvalue weighted by Gasteiger charge is 2.30. The van der Waals surface area contributed by atoms with Gasteiger partial charge in [-0.3, -0.25) is 9.59 Å². The Balaban J connectivity index is 1.38. The van der Waals surface area contributed by atoms with Crippen LogP contribution in [0.1, 0.15) is 22.8 Å². The maximum absolute atomic E-state index is 12.7. The number of alkyl halides is 3. The molecule has 3 aromatic rings. The summed E-state index contributed by atoms with van der Waals surface area (Å²) in [5.74, 6) is -0.499. The molecule has 6 nitrogen and oxygen atoms in total. The predicted octanol–water partition coefficient (Wildman–Crippen LogP) is 5.53. The van der Waals surface area contributed by atoms with Crippen molar-refractivity contribution in [3.05, 3.63) is 77.9 Å². The normalized spacial score (nSPS) is 16.3. The molecule has 2 amide bonds. The van der Waals surface area contributed by atoms with Crippen LogP contribution in [0.2, 0.25) is 0 Å². The molecule has 3 aromatic carbocycles. The van der Waals surface area contributed by atoms with E-state index in [0.29, 0.717) is 21.8 Å². The average molecular weight is 506 g/mol. The maximum atomic E-state index is 12.7. The Morgan fingerprint density at radius 1 is 1.03 bits per heavy atom. The molecule has 2 unspecified atom stereocenters. The van der Waals surface area contributed by atoms with E-state index < -0.39 is 23.1 Å². The summed E-state index contributed by atoms with van der Waals surface area (Å²) in [5.41, 5.74) is 0.894. The molecule has 0 radical (unpaired) electrons. The van der Waals surface area contributed by atoms with E-state index in [1.807, 2.05) is 0 Å². The molecular formula is C23H18F3N3O3S2. The molecule has 11 heteroatoms. The number of hydrogen-bond donors (Lipinski definition) is 3. The highest BCUT2D eigenvalue weighted by molar-refractivity contribution is 8.01. The standard InChI is InChI=1S/C23H18F3N3O3S2/c1-13-21(30)28-19-12-14(2-11-20(19)33-13)22(31)27-16-7-9-18(10-8-16)34(32)29-17-5-3-15(4-6-17)23(24,25)26/h2-13,29H,1H3,(H,27,31)(H,28,30). The number of hydrogen-bond acceptors (Lipinski definition) is 5. The number of carbonyl (C=O) groups is 2. The number of halogens is 3. The zero-order chi connectivity index (χ0) is 24.5. The number of benzene rings is 3. The van der Waals surface area contributed by atoms with E-state index >= 15 is 0 Å². The highest BCUT2D eigenvalue weighted by atomic mass is 32.2. The third kappa shape index (κ3) is 5.49. The largest absolute Gasteiger partial charge is 0.588 e. The van der Waals surface area contributed by atoms with E-state index in [4.69, 9.17) is 0 Å². The molecule has 1 aliphatic rings. The van der Waals surface area contributed by atoms with Gasteiger partial charge in [0.2, 0.25) is 5.91 Å². The molecule has 0 bridgehead atoms. The van der Waals surface area contributed by atoms with Crippen molar-refractivity contribution in [2.24, 2.45) is 0 Å². The van der Waals surface area contributed by atoms with Gasteiger partial charge in [-0.15, -0.1) is 11.8 Å². The van der Waals surface area contributed by atoms with Crippen molar-refractivity contribution in [1.82, 2.24) is 0 Å². The minimum Gasteiger partial charge on any atom is -0.588 e. The van der Waals surface area contributed by atoms with Crippen LogP contribution in [0.4, 0.5) is 30.2 Å². The minimum absolute atomic E-state index is 0.122. The summed E-state index contributed by atoms with van der Waals surface area (Å²) in [6, 6.07) is 15.5. The topological polar surface area (TPSA) is 93.3 Å². The van der Waals surface area contributed by atoms with Crippen molar-refractivity contribution < 1.29 is 27.3 Å². The summed E-state index contributed by atoms with van der Waals surface area (Å²) >= 11 is -0.291. The number of anilines is 3. The Bertz CT molecular complexity index is 1220. The summed E-state index contributed by atoms with van der Waals surface area (Å²) in [6.45, 7) is 1.80. The third-order valence-electron chi connectivity index (χ3n) is 4.92. The molecule has 0 fully saturated rings. The van der Waals surface area contributed by atoms with Gasteiger partial charge in [0.1, 0.15) is 11.4 Å². The maximum Gasteiger partial charge on any atom is 0.416 e. The fourth-order valence-electron chi connectivity index (χ4n) is 3.11. The first-order valence-corrected chi connectivity index (χ1v) is 12.0. The summed E-state index contributed by atoms with van der Waals surface area (Å²) in [5, 5.41) is 5.32. The van der Waals surface area contributed by atoms with Gasteiger partial charge in [0.05, 0.1) is 22.2 Å². The smallest absolute Gasteiger partial charge is 0.416 e. The molecule has 1 aliphatic heterocycles. The number of fused-ring (bicyclic) bond motifs is 1. The third-order valence-corrected chi connectivity index (χ3v) is 7.22. The van der Waals surface area contributed by atoms with E-state index in [9.17, 15) is 27.3 Å². The first-order chi connectivity index (χ1) is 16.1. The van der Waals surface area contributed by atoms with Gasteiger partial charge in [0.25, 0.3) is 5.91 Å². The summed E-state index contributed by atoms with van der Waals surface area (Å²) in [4.78, 5) is 25.8. The van der Waals surface area contributed by atoms with Gasteiger partial charge in [-0.25, -0.2) is 4.72 Å². The molecule has 3 N–H and O–H groups in total. The molecule has 0 saturated carbocycles. The quantitative estimate of drug-likeness (QED) is 0.397. The summed E-state index contributed by atoms with van der Waals surface area (Å²) in [6.07, 6.45) is -4.44. The Morgan fingerprint density at radius 3 is 2.32 bits per heavy atom. The number of nitrogens with one attached hydrogen (secondary N) is 3. The molecule has 176 valence electrons. The molecule has 0 aromatic heterocycles. The number of amides is 2. The van der Waals surface area contributed by atoms with E-state index in [-0.39, 0.29) is 22.8 Å². The number of carbonyl (C=O) groups excluding carboxylic acids is 2. The van der Waals surface area contributed by atoms with Crippen LogP contribution in [0, 0.1) is 0 Å². The van der Waals surface area contributed by atoms with Gasteiger partial charge < -0.3 is 15.2 Å². The molecule has 0 saturated heterocycles. The average Bonchev–Trinajstić information content (AvgIpc) is 2.79. The van der Waals surface area contributed by atoms with Crippen LogP contribution < -0.4 is 15.4 Å². The van der Waals surface area contributed by atoms with Crippen LogP contribution in [-0.2, 0) is 22.3 Å². The van der Waals surface area contributed by atoms with Crippen LogP contribution >= 0.6 is 11.8 Å². The van der Waals surface area contributed by atoms with Gasteiger partial charge in [-0.1, -0.05) is 0 Å². The predicted molar refractivity (Wildman–Crippen MR) is 126 cm³/mol. The van der Waals surface area contributed by atoms with Crippen LogP contribution in [0.25, 0.3) is 0 Å². The van der Waals surface area contributed by atoms with Gasteiger partial charge in [0, 0.05) is 16.1 Å². The Morgan fingerprint density at radius 2 is 1.68 bits per heavy atom. The molecular weight excluding hydrogens is 487 g/mol. The van der Waals surface area contributed by atoms with Crippen LogP contribution in [0.5, 0.6) is 0 Å². The lowest BCUT2D eigenvalue weighted by Crippen LogP contribution is -2.26. The van der Waals surface area contributed by atoms with Gasteiger partial charge in [-0.2, -0.15) is 13.2 Å². The number of rotatable bonds is 5. The van der Waals surface area contributed by atoms with Gasteiger partial charge in [0.15, 0.2) is 4.90 Å². The second-order valence-corrected chi connectivity index (χ2v) is 9.98. The Kier molecular flexibility index (Phi) is 6.78. The van der Waals surface area contributed by atoms with Crippen LogP contribution in [0.15, 0.2) is 76.5 Å². The molecule has 4 rings (SSSR count). The summed E-state index contributed by atoms with van der Waals surface area (Å²) in [7, 11) is 0. The SMILES string of the molecule is CC1Sc2ccc(C(=O)Nc3ccc([S+]([O-])Nc4ccc(C(F)(F)F)cc4)cc3)cc2NC1=O. The minimum atomic E-state index is -4.44. The second-order valence-electron chi connectivity index (χ2n) is 7.38. The van der Waals surface area contributed by atoms with Gasteiger partial charge >= 0.3 is 6.18 Å². The molecule has 2 atom stereocenters. The fourth-order valence-corrected chi connectivity index (χ4v) is 4.89. The molecule has 34 heavy (non-hydrogen) atoms. The van der Waals surface area contributed by atoms with Gasteiger partial charge in [-0.05, 0) is 73.7 Å². The monoisotopic (exact) mass is 505 g/mol. The zero-order valence-electron chi connectivity index (χ0n) is 17.6. The number of thioether (sulfide) groups is 1. The summed E-state index contributed by atoms with van der Waals surface area (Å²) < 4.78 is 53.1. The van der Waals surface area contributed by atoms with Crippen LogP contribution in [0.3, 0.4) is 0 Å². The van der Waals surface area contributed by atoms with Crippen molar-refractivity contribution in [3.63, 3.8) is 0 Å². The first-order valence-electron chi connectivity index (χ1n) is 9.99. The van der Waals surface area contributed by atoms with E-state index in [0.717, 1.165) is 17.0 Å². The lowest BCUT2D eigenvalue weighted by Gasteiger charge is -2.21. The van der Waals surface area contributed by atoms with Crippen molar-refractivity contribution >= 4 is 52.0 Å². The first kappa shape index (κ1) is 24.0. The zero-order valence-corrected chi connectivity index (χ0v) is 19.2. The molecule has 0 spiro atoms. The Labute approximate surface area is 200 Å². The van der Waals surface area contributed by atoms with Crippen molar-refractivity contribution in [2.75, 3.05) is 15.4 Å². The second kappa shape index (κ2) is 9.61. The van der Waals surface area contributed by atoms with E-state index in [1.54, 1.807) is 37.3 Å². The van der Waals surface area contributed by atoms with Crippen molar-refractivity contribution in [2.45, 2.75) is 28.1 Å². The van der Waals surface area contributed by atoms with E-state index in [1.165, 1.54) is 36.0 Å². The fraction of sp³-hybridized carbons (Fsp3) is 0.130. The lowest BCUT2D eigenvalue weighted by molar-refractivity contribution is -0.137.